The molecule has 0 radical (unpaired) electrons. The molecule has 0 saturated heterocycles. The van der Waals surface area contributed by atoms with Crippen molar-refractivity contribution in [2.75, 3.05) is 32.1 Å². The van der Waals surface area contributed by atoms with Crippen molar-refractivity contribution in [1.82, 2.24) is 21.3 Å². The molecular weight excluding hydrogens is 630 g/mol. The van der Waals surface area contributed by atoms with Crippen LogP contribution in [-0.2, 0) is 30.5 Å². The number of benzene rings is 2. The Balaban J connectivity index is 1.88. The summed E-state index contributed by atoms with van der Waals surface area (Å²) in [6.07, 6.45) is 0.0126. The van der Waals surface area contributed by atoms with Gasteiger partial charge in [0, 0.05) is 30.9 Å². The third-order valence-electron chi connectivity index (χ3n) is 6.56. The Morgan fingerprint density at radius 1 is 0.854 bits per heavy atom. The van der Waals surface area contributed by atoms with Crippen LogP contribution in [0.4, 0.5) is 21.0 Å². The second kappa shape index (κ2) is 21.0. The van der Waals surface area contributed by atoms with Gasteiger partial charge in [-0.25, -0.2) is 9.59 Å². The van der Waals surface area contributed by atoms with Gasteiger partial charge in [-0.3, -0.25) is 29.5 Å². The SMILES string of the molecule is COC(=O)N[C@@H](CCCCNC(=O)OCc1ccccc1)C(=O)NCC(=O)N[C@@H](CCCN=C(N)N)C(=O)Nc1ccc([N+](=O)[O-])cc1. The number of amides is 5. The van der Waals surface area contributed by atoms with Crippen molar-refractivity contribution in [3.63, 3.8) is 0 Å². The van der Waals surface area contributed by atoms with E-state index in [9.17, 15) is 34.1 Å². The van der Waals surface area contributed by atoms with Gasteiger partial charge < -0.3 is 47.5 Å². The fourth-order valence-electron chi connectivity index (χ4n) is 4.11. The van der Waals surface area contributed by atoms with Crippen LogP contribution in [-0.4, -0.2) is 79.6 Å². The summed E-state index contributed by atoms with van der Waals surface area (Å²) >= 11 is 0. The molecule has 0 saturated carbocycles. The number of hydrogen-bond acceptors (Lipinski definition) is 10. The summed E-state index contributed by atoms with van der Waals surface area (Å²) < 4.78 is 9.75. The number of rotatable bonds is 19. The zero-order valence-corrected chi connectivity index (χ0v) is 26.4. The molecule has 48 heavy (non-hydrogen) atoms. The average molecular weight is 672 g/mol. The van der Waals surface area contributed by atoms with Crippen LogP contribution in [0.1, 0.15) is 37.7 Å². The monoisotopic (exact) mass is 671 g/mol. The Bertz CT molecular complexity index is 1400. The van der Waals surface area contributed by atoms with Crippen molar-refractivity contribution in [3.05, 3.63) is 70.3 Å². The van der Waals surface area contributed by atoms with E-state index in [0.717, 1.165) is 12.7 Å². The van der Waals surface area contributed by atoms with Crippen molar-refractivity contribution in [3.8, 4) is 0 Å². The first-order chi connectivity index (χ1) is 23.0. The molecule has 5 amide bonds. The van der Waals surface area contributed by atoms with Crippen molar-refractivity contribution in [2.45, 2.75) is 50.8 Å². The zero-order chi connectivity index (χ0) is 35.3. The maximum absolute atomic E-state index is 13.0. The van der Waals surface area contributed by atoms with Crippen LogP contribution in [0.3, 0.4) is 0 Å². The van der Waals surface area contributed by atoms with Crippen molar-refractivity contribution in [1.29, 1.82) is 0 Å². The number of alkyl carbamates (subject to hydrolysis) is 2. The number of carbonyl (C=O) groups excluding carboxylic acids is 5. The second-order valence-electron chi connectivity index (χ2n) is 10.3. The first kappa shape index (κ1) is 38.2. The van der Waals surface area contributed by atoms with Crippen LogP contribution in [0, 0.1) is 10.1 Å². The van der Waals surface area contributed by atoms with Gasteiger partial charge in [-0.15, -0.1) is 0 Å². The summed E-state index contributed by atoms with van der Waals surface area (Å²) in [6, 6.07) is 12.2. The predicted molar refractivity (Wildman–Crippen MR) is 174 cm³/mol. The fraction of sp³-hybridized carbons (Fsp3) is 0.400. The molecule has 0 fully saturated rings. The number of nitro groups is 1. The van der Waals surface area contributed by atoms with E-state index in [1.807, 2.05) is 30.3 Å². The quantitative estimate of drug-likeness (QED) is 0.0364. The Kier molecular flexibility index (Phi) is 16.7. The van der Waals surface area contributed by atoms with Crippen LogP contribution < -0.4 is 38.1 Å². The molecule has 0 spiro atoms. The Labute approximate surface area is 276 Å². The minimum atomic E-state index is -1.07. The first-order valence-electron chi connectivity index (χ1n) is 14.9. The molecule has 0 aliphatic heterocycles. The molecular formula is C30H41N9O9. The molecule has 18 nitrogen and oxygen atoms in total. The molecule has 9 N–H and O–H groups in total. The molecule has 2 aromatic carbocycles. The van der Waals surface area contributed by atoms with Crippen molar-refractivity contribution >= 4 is 47.2 Å². The van der Waals surface area contributed by atoms with Gasteiger partial charge in [0.2, 0.25) is 17.7 Å². The number of nitro benzene ring substituents is 1. The van der Waals surface area contributed by atoms with Gasteiger partial charge in [0.05, 0.1) is 18.6 Å². The van der Waals surface area contributed by atoms with Gasteiger partial charge >= 0.3 is 12.2 Å². The molecule has 2 atom stereocenters. The molecule has 0 aliphatic rings. The molecule has 2 rings (SSSR count). The number of carbonyl (C=O) groups is 5. The molecule has 0 bridgehead atoms. The minimum absolute atomic E-state index is 0.120. The lowest BCUT2D eigenvalue weighted by atomic mass is 10.1. The van der Waals surface area contributed by atoms with Gasteiger partial charge in [-0.05, 0) is 49.8 Å². The van der Waals surface area contributed by atoms with E-state index >= 15 is 0 Å². The molecule has 0 aromatic heterocycles. The van der Waals surface area contributed by atoms with Crippen molar-refractivity contribution in [2.24, 2.45) is 16.5 Å². The van der Waals surface area contributed by atoms with Gasteiger partial charge in [0.25, 0.3) is 5.69 Å². The van der Waals surface area contributed by atoms with Crippen LogP contribution in [0.25, 0.3) is 0 Å². The lowest BCUT2D eigenvalue weighted by Gasteiger charge is -2.20. The van der Waals surface area contributed by atoms with E-state index < -0.39 is 53.5 Å². The number of nitrogens with zero attached hydrogens (tertiary/aromatic N) is 2. The first-order valence-corrected chi connectivity index (χ1v) is 14.9. The highest BCUT2D eigenvalue weighted by atomic mass is 16.6. The minimum Gasteiger partial charge on any atom is -0.453 e. The molecule has 2 aromatic rings. The second-order valence-corrected chi connectivity index (χ2v) is 10.3. The van der Waals surface area contributed by atoms with E-state index in [-0.39, 0.29) is 49.9 Å². The van der Waals surface area contributed by atoms with Crippen LogP contribution >= 0.6 is 0 Å². The van der Waals surface area contributed by atoms with E-state index in [1.54, 1.807) is 0 Å². The largest absolute Gasteiger partial charge is 0.453 e. The maximum atomic E-state index is 13.0. The Morgan fingerprint density at radius 2 is 1.52 bits per heavy atom. The summed E-state index contributed by atoms with van der Waals surface area (Å²) in [7, 11) is 1.14. The lowest BCUT2D eigenvalue weighted by molar-refractivity contribution is -0.384. The number of anilines is 1. The van der Waals surface area contributed by atoms with Crippen LogP contribution in [0.15, 0.2) is 59.6 Å². The number of non-ortho nitro benzene ring substituents is 1. The zero-order valence-electron chi connectivity index (χ0n) is 26.4. The topological polar surface area (TPSA) is 272 Å². The van der Waals surface area contributed by atoms with Gasteiger partial charge in [-0.2, -0.15) is 0 Å². The number of nitrogens with two attached hydrogens (primary N) is 2. The summed E-state index contributed by atoms with van der Waals surface area (Å²) in [4.78, 5) is 76.6. The van der Waals surface area contributed by atoms with Crippen molar-refractivity contribution < 1.29 is 38.4 Å². The standard InChI is InChI=1S/C30H41N9O9/c1-47-30(44)38-23(10-5-6-16-34-29(43)48-19-20-8-3-2-4-9-20)26(41)35-18-25(40)37-24(11-7-17-33-28(31)32)27(42)36-21-12-14-22(15-13-21)39(45)46/h2-4,8-9,12-15,23-24H,5-7,10-11,16-19H2,1H3,(H,34,43)(H,35,41)(H,36,42)(H,37,40)(H,38,44)(H4,31,32,33)/t23-,24-/m0/s1. The van der Waals surface area contributed by atoms with Gasteiger partial charge in [0.15, 0.2) is 5.96 Å². The predicted octanol–water partition coefficient (Wildman–Crippen LogP) is 1.01. The summed E-state index contributed by atoms with van der Waals surface area (Å²) in [5.74, 6) is -2.13. The highest BCUT2D eigenvalue weighted by Gasteiger charge is 2.24. The smallest absolute Gasteiger partial charge is 0.407 e. The third-order valence-corrected chi connectivity index (χ3v) is 6.56. The van der Waals surface area contributed by atoms with Crippen LogP contribution in [0.2, 0.25) is 0 Å². The summed E-state index contributed by atoms with van der Waals surface area (Å²) in [5, 5.41) is 23.5. The van der Waals surface area contributed by atoms with E-state index in [0.29, 0.717) is 19.3 Å². The van der Waals surface area contributed by atoms with Gasteiger partial charge in [-0.1, -0.05) is 30.3 Å². The van der Waals surface area contributed by atoms with Gasteiger partial charge in [0.1, 0.15) is 18.7 Å². The molecule has 0 aliphatic carbocycles. The number of aliphatic imine (C=N–C) groups is 1. The van der Waals surface area contributed by atoms with E-state index in [4.69, 9.17) is 16.2 Å². The average Bonchev–Trinajstić information content (AvgIpc) is 3.07. The normalized spacial score (nSPS) is 11.5. The summed E-state index contributed by atoms with van der Waals surface area (Å²) in [5.41, 5.74) is 11.6. The highest BCUT2D eigenvalue weighted by Crippen LogP contribution is 2.16. The number of ether oxygens (including phenoxy) is 2. The molecule has 260 valence electrons. The third kappa shape index (κ3) is 15.4. The van der Waals surface area contributed by atoms with Crippen LogP contribution in [0.5, 0.6) is 0 Å². The Morgan fingerprint density at radius 3 is 2.17 bits per heavy atom. The fourth-order valence-corrected chi connectivity index (χ4v) is 4.11. The molecule has 0 unspecified atom stereocenters. The lowest BCUT2D eigenvalue weighted by Crippen LogP contribution is -2.51. The van der Waals surface area contributed by atoms with E-state index in [2.05, 4.69) is 36.3 Å². The number of methoxy groups -OCH3 is 1. The molecule has 0 heterocycles. The number of hydrogen-bond donors (Lipinski definition) is 7. The van der Waals surface area contributed by atoms with E-state index in [1.165, 1.54) is 24.3 Å². The maximum Gasteiger partial charge on any atom is 0.407 e. The Hall–Kier alpha value is -5.94. The molecule has 18 heteroatoms. The number of guanidine groups is 1. The number of nitrogens with one attached hydrogen (secondary N) is 5. The summed E-state index contributed by atoms with van der Waals surface area (Å²) in [6.45, 7) is 0.0353. The highest BCUT2D eigenvalue weighted by molar-refractivity contribution is 5.98. The number of unbranched alkanes of at least 4 members (excludes halogenated alkanes) is 1.